The molecule has 0 unspecified atom stereocenters. The second-order valence-corrected chi connectivity index (χ2v) is 7.56. The fourth-order valence-corrected chi connectivity index (χ4v) is 4.14. The minimum absolute atomic E-state index is 0.0572. The molecule has 1 amide bonds. The highest BCUT2D eigenvalue weighted by Gasteiger charge is 2.21. The summed E-state index contributed by atoms with van der Waals surface area (Å²) in [6.07, 6.45) is 0.364. The molecule has 0 aliphatic rings. The van der Waals surface area contributed by atoms with E-state index in [0.717, 1.165) is 32.0 Å². The first-order valence-electron chi connectivity index (χ1n) is 8.95. The minimum atomic E-state index is 0.0572. The van der Waals surface area contributed by atoms with Crippen LogP contribution in [0.3, 0.4) is 0 Å². The van der Waals surface area contributed by atoms with Gasteiger partial charge in [-0.25, -0.2) is 4.98 Å². The Hall–Kier alpha value is -2.98. The number of carbonyl (C=O) groups excluding carboxylic acids is 1. The highest BCUT2D eigenvalue weighted by atomic mass is 32.1. The molecular formula is C23H20N2OS. The maximum atomic E-state index is 13.2. The van der Waals surface area contributed by atoms with Crippen LogP contribution in [0, 0.1) is 6.92 Å². The lowest BCUT2D eigenvalue weighted by Gasteiger charge is -2.20. The number of amides is 1. The highest BCUT2D eigenvalue weighted by molar-refractivity contribution is 7.22. The first kappa shape index (κ1) is 17.4. The lowest BCUT2D eigenvalue weighted by molar-refractivity contribution is -0.118. The number of hydrogen-bond acceptors (Lipinski definition) is 3. The van der Waals surface area contributed by atoms with Gasteiger partial charge in [-0.15, -0.1) is 0 Å². The number of fused-ring (bicyclic) bond motifs is 1. The summed E-state index contributed by atoms with van der Waals surface area (Å²) in [7, 11) is 0. The number of rotatable bonds is 5. The number of benzene rings is 3. The number of anilines is 1. The molecule has 0 atom stereocenters. The number of nitrogens with zero attached hydrogens (tertiary/aromatic N) is 2. The maximum absolute atomic E-state index is 13.2. The SMILES string of the molecule is Cc1cccc2sc(N(Cc3ccccc3)C(=O)Cc3ccccc3)nc12. The molecule has 0 aliphatic carbocycles. The van der Waals surface area contributed by atoms with Gasteiger partial charge >= 0.3 is 0 Å². The number of aromatic nitrogens is 1. The summed E-state index contributed by atoms with van der Waals surface area (Å²) >= 11 is 1.57. The van der Waals surface area contributed by atoms with E-state index in [1.165, 1.54) is 0 Å². The Bertz CT molecular complexity index is 1060. The molecule has 3 nitrogen and oxygen atoms in total. The molecule has 0 saturated heterocycles. The lowest BCUT2D eigenvalue weighted by Crippen LogP contribution is -2.31. The van der Waals surface area contributed by atoms with Crippen LogP contribution in [0.2, 0.25) is 0 Å². The van der Waals surface area contributed by atoms with E-state index in [2.05, 4.69) is 19.1 Å². The topological polar surface area (TPSA) is 33.2 Å². The van der Waals surface area contributed by atoms with Gasteiger partial charge in [-0.05, 0) is 29.7 Å². The van der Waals surface area contributed by atoms with E-state index in [-0.39, 0.29) is 5.91 Å². The van der Waals surface area contributed by atoms with Crippen LogP contribution in [0.1, 0.15) is 16.7 Å². The smallest absolute Gasteiger partial charge is 0.233 e. The summed E-state index contributed by atoms with van der Waals surface area (Å²) in [5, 5.41) is 0.754. The van der Waals surface area contributed by atoms with Crippen molar-refractivity contribution in [3.05, 3.63) is 95.6 Å². The van der Waals surface area contributed by atoms with Crippen molar-refractivity contribution in [3.63, 3.8) is 0 Å². The predicted molar refractivity (Wildman–Crippen MR) is 112 cm³/mol. The quantitative estimate of drug-likeness (QED) is 0.471. The number of hydrogen-bond donors (Lipinski definition) is 0. The van der Waals surface area contributed by atoms with Gasteiger partial charge in [0.25, 0.3) is 0 Å². The summed E-state index contributed by atoms with van der Waals surface area (Å²) in [6, 6.07) is 26.1. The Morgan fingerprint density at radius 2 is 1.56 bits per heavy atom. The summed E-state index contributed by atoms with van der Waals surface area (Å²) in [5.74, 6) is 0.0572. The third-order valence-electron chi connectivity index (χ3n) is 4.52. The van der Waals surface area contributed by atoms with E-state index in [9.17, 15) is 4.79 Å². The molecule has 27 heavy (non-hydrogen) atoms. The van der Waals surface area contributed by atoms with Crippen molar-refractivity contribution in [1.29, 1.82) is 0 Å². The number of para-hydroxylation sites is 1. The van der Waals surface area contributed by atoms with Gasteiger partial charge in [0.2, 0.25) is 5.91 Å². The van der Waals surface area contributed by atoms with E-state index in [1.54, 1.807) is 11.3 Å². The lowest BCUT2D eigenvalue weighted by atomic mass is 10.1. The first-order chi connectivity index (χ1) is 13.2. The van der Waals surface area contributed by atoms with Gasteiger partial charge in [0, 0.05) is 0 Å². The van der Waals surface area contributed by atoms with Gasteiger partial charge in [-0.1, -0.05) is 84.1 Å². The molecule has 3 aromatic carbocycles. The van der Waals surface area contributed by atoms with E-state index in [4.69, 9.17) is 4.98 Å². The van der Waals surface area contributed by atoms with Crippen molar-refractivity contribution in [2.75, 3.05) is 4.90 Å². The average molecular weight is 372 g/mol. The third kappa shape index (κ3) is 3.91. The molecule has 0 radical (unpaired) electrons. The molecule has 4 aromatic rings. The summed E-state index contributed by atoms with van der Waals surface area (Å²) in [5.41, 5.74) is 4.21. The minimum Gasteiger partial charge on any atom is -0.283 e. The highest BCUT2D eigenvalue weighted by Crippen LogP contribution is 2.31. The second kappa shape index (κ2) is 7.72. The van der Waals surface area contributed by atoms with Crippen molar-refractivity contribution in [2.45, 2.75) is 19.9 Å². The molecule has 0 saturated carbocycles. The van der Waals surface area contributed by atoms with Crippen LogP contribution < -0.4 is 4.90 Å². The van der Waals surface area contributed by atoms with E-state index >= 15 is 0 Å². The van der Waals surface area contributed by atoms with Gasteiger partial charge in [-0.3, -0.25) is 9.69 Å². The predicted octanol–water partition coefficient (Wildman–Crippen LogP) is 5.38. The van der Waals surface area contributed by atoms with Crippen LogP contribution in [-0.4, -0.2) is 10.9 Å². The Morgan fingerprint density at radius 1 is 0.889 bits per heavy atom. The summed E-state index contributed by atoms with van der Waals surface area (Å²) in [4.78, 5) is 19.8. The van der Waals surface area contributed by atoms with Gasteiger partial charge < -0.3 is 0 Å². The molecule has 4 heteroatoms. The average Bonchev–Trinajstić information content (AvgIpc) is 3.13. The Balaban J connectivity index is 1.70. The largest absolute Gasteiger partial charge is 0.283 e. The van der Waals surface area contributed by atoms with Crippen molar-refractivity contribution in [2.24, 2.45) is 0 Å². The van der Waals surface area contributed by atoms with Crippen LogP contribution in [0.4, 0.5) is 5.13 Å². The van der Waals surface area contributed by atoms with Crippen LogP contribution in [0.5, 0.6) is 0 Å². The molecular weight excluding hydrogens is 352 g/mol. The van der Waals surface area contributed by atoms with Crippen molar-refractivity contribution < 1.29 is 4.79 Å². The summed E-state index contributed by atoms with van der Waals surface area (Å²) < 4.78 is 1.11. The van der Waals surface area contributed by atoms with Crippen LogP contribution >= 0.6 is 11.3 Å². The van der Waals surface area contributed by atoms with Gasteiger partial charge in [0.05, 0.1) is 23.2 Å². The monoisotopic (exact) mass is 372 g/mol. The van der Waals surface area contributed by atoms with Crippen molar-refractivity contribution >= 4 is 32.6 Å². The second-order valence-electron chi connectivity index (χ2n) is 6.55. The molecule has 4 rings (SSSR count). The molecule has 1 aromatic heterocycles. The first-order valence-corrected chi connectivity index (χ1v) is 9.77. The Morgan fingerprint density at radius 3 is 2.22 bits per heavy atom. The molecule has 1 heterocycles. The third-order valence-corrected chi connectivity index (χ3v) is 5.57. The van der Waals surface area contributed by atoms with Gasteiger partial charge in [0.15, 0.2) is 5.13 Å². The zero-order chi connectivity index (χ0) is 18.6. The molecule has 0 spiro atoms. The standard InChI is InChI=1S/C23H20N2OS/c1-17-9-8-14-20-22(17)24-23(27-20)25(16-19-12-6-3-7-13-19)21(26)15-18-10-4-2-5-11-18/h2-14H,15-16H2,1H3. The number of carbonyl (C=O) groups is 1. The van der Waals surface area contributed by atoms with Gasteiger partial charge in [0.1, 0.15) is 0 Å². The summed E-state index contributed by atoms with van der Waals surface area (Å²) in [6.45, 7) is 2.57. The van der Waals surface area contributed by atoms with Gasteiger partial charge in [-0.2, -0.15) is 0 Å². The zero-order valence-electron chi connectivity index (χ0n) is 15.1. The normalized spacial score (nSPS) is 10.9. The molecule has 0 N–H and O–H groups in total. The fraction of sp³-hybridized carbons (Fsp3) is 0.130. The van der Waals surface area contributed by atoms with E-state index < -0.39 is 0 Å². The van der Waals surface area contributed by atoms with Crippen LogP contribution in [0.25, 0.3) is 10.2 Å². The van der Waals surface area contributed by atoms with E-state index in [0.29, 0.717) is 13.0 Å². The van der Waals surface area contributed by atoms with Crippen LogP contribution in [-0.2, 0) is 17.8 Å². The van der Waals surface area contributed by atoms with E-state index in [1.807, 2.05) is 71.6 Å². The molecule has 0 aliphatic heterocycles. The number of aryl methyl sites for hydroxylation is 1. The zero-order valence-corrected chi connectivity index (χ0v) is 15.9. The maximum Gasteiger partial charge on any atom is 0.233 e. The Kier molecular flexibility index (Phi) is 4.99. The fourth-order valence-electron chi connectivity index (χ4n) is 3.08. The number of thiazole rings is 1. The van der Waals surface area contributed by atoms with Crippen molar-refractivity contribution in [1.82, 2.24) is 4.98 Å². The van der Waals surface area contributed by atoms with Crippen LogP contribution in [0.15, 0.2) is 78.9 Å². The Labute approximate surface area is 162 Å². The molecule has 0 fully saturated rings. The molecule has 0 bridgehead atoms. The molecule has 134 valence electrons. The van der Waals surface area contributed by atoms with Crippen molar-refractivity contribution in [3.8, 4) is 0 Å².